The molecule has 1 aliphatic heterocycles. The smallest absolute Gasteiger partial charge is 0.0393 e. The number of hydrogen-bond donors (Lipinski definition) is 1. The second-order valence-electron chi connectivity index (χ2n) is 5.84. The number of para-hydroxylation sites is 1. The lowest BCUT2D eigenvalue weighted by molar-refractivity contribution is 0.727. The molecular weight excluding hydrogens is 244 g/mol. The predicted octanol–water partition coefficient (Wildman–Crippen LogP) is 3.95. The van der Waals surface area contributed by atoms with Crippen molar-refractivity contribution in [2.45, 2.75) is 19.8 Å². The number of fused-ring (bicyclic) bond motifs is 1. The van der Waals surface area contributed by atoms with Crippen LogP contribution in [0.1, 0.15) is 22.6 Å². The molecule has 0 amide bonds. The number of nitrogens with one attached hydrogen (secondary N) is 1. The molecule has 2 aromatic carbocycles. The van der Waals surface area contributed by atoms with E-state index in [-0.39, 0.29) is 0 Å². The average molecular weight is 266 g/mol. The maximum atomic E-state index is 3.50. The van der Waals surface area contributed by atoms with Crippen LogP contribution in [0.3, 0.4) is 0 Å². The van der Waals surface area contributed by atoms with Crippen molar-refractivity contribution in [2.24, 2.45) is 0 Å². The molecule has 0 aliphatic carbocycles. The summed E-state index contributed by atoms with van der Waals surface area (Å²) in [5.41, 5.74) is 6.76. The highest BCUT2D eigenvalue weighted by Crippen LogP contribution is 2.32. The minimum atomic E-state index is 0.567. The highest BCUT2D eigenvalue weighted by Gasteiger charge is 2.23. The van der Waals surface area contributed by atoms with Gasteiger partial charge in [0.15, 0.2) is 0 Å². The Hall–Kier alpha value is -1.96. The number of nitrogens with zero attached hydrogens (tertiary/aromatic N) is 1. The summed E-state index contributed by atoms with van der Waals surface area (Å²) in [6, 6.07) is 15.3. The molecule has 3 rings (SSSR count). The van der Waals surface area contributed by atoms with E-state index in [4.69, 9.17) is 0 Å². The monoisotopic (exact) mass is 266 g/mol. The van der Waals surface area contributed by atoms with Crippen molar-refractivity contribution in [1.82, 2.24) is 0 Å². The third-order valence-electron chi connectivity index (χ3n) is 4.20. The normalized spacial score (nSPS) is 16.6. The number of hydrogen-bond acceptors (Lipinski definition) is 2. The SMILES string of the molecule is Cc1ccc(N(C)CC2CNc3ccccc32)c(C)c1. The van der Waals surface area contributed by atoms with E-state index in [1.54, 1.807) is 0 Å². The van der Waals surface area contributed by atoms with E-state index < -0.39 is 0 Å². The molecular formula is C18H22N2. The lowest BCUT2D eigenvalue weighted by Gasteiger charge is -2.25. The van der Waals surface area contributed by atoms with E-state index in [0.717, 1.165) is 13.1 Å². The minimum Gasteiger partial charge on any atom is -0.384 e. The number of likely N-dealkylation sites (N-methyl/N-ethyl adjacent to an activating group) is 1. The first-order chi connectivity index (χ1) is 9.65. The van der Waals surface area contributed by atoms with Gasteiger partial charge in [-0.2, -0.15) is 0 Å². The first-order valence-corrected chi connectivity index (χ1v) is 7.26. The Kier molecular flexibility index (Phi) is 3.39. The molecule has 1 N–H and O–H groups in total. The Morgan fingerprint density at radius 2 is 1.95 bits per heavy atom. The van der Waals surface area contributed by atoms with Gasteiger partial charge in [0.05, 0.1) is 0 Å². The molecule has 1 unspecified atom stereocenters. The maximum absolute atomic E-state index is 3.50. The molecule has 0 bridgehead atoms. The van der Waals surface area contributed by atoms with Crippen LogP contribution in [0.2, 0.25) is 0 Å². The van der Waals surface area contributed by atoms with Gasteiger partial charge >= 0.3 is 0 Å². The minimum absolute atomic E-state index is 0.567. The molecule has 0 saturated heterocycles. The summed E-state index contributed by atoms with van der Waals surface area (Å²) < 4.78 is 0. The molecule has 20 heavy (non-hydrogen) atoms. The summed E-state index contributed by atoms with van der Waals surface area (Å²) in [7, 11) is 2.19. The number of aryl methyl sites for hydroxylation is 2. The van der Waals surface area contributed by atoms with Gasteiger partial charge in [-0.3, -0.25) is 0 Å². The zero-order chi connectivity index (χ0) is 14.1. The van der Waals surface area contributed by atoms with E-state index in [0.29, 0.717) is 5.92 Å². The van der Waals surface area contributed by atoms with Crippen LogP contribution in [0, 0.1) is 13.8 Å². The van der Waals surface area contributed by atoms with Crippen molar-refractivity contribution >= 4 is 11.4 Å². The van der Waals surface area contributed by atoms with Crippen LogP contribution in [0.25, 0.3) is 0 Å². The Morgan fingerprint density at radius 3 is 2.75 bits per heavy atom. The third-order valence-corrected chi connectivity index (χ3v) is 4.20. The van der Waals surface area contributed by atoms with Gasteiger partial charge in [-0.05, 0) is 37.1 Å². The second kappa shape index (κ2) is 5.20. The van der Waals surface area contributed by atoms with Crippen LogP contribution in [0.15, 0.2) is 42.5 Å². The van der Waals surface area contributed by atoms with Crippen molar-refractivity contribution in [3.8, 4) is 0 Å². The van der Waals surface area contributed by atoms with Crippen molar-refractivity contribution in [2.75, 3.05) is 30.4 Å². The lowest BCUT2D eigenvalue weighted by Crippen LogP contribution is -2.25. The number of rotatable bonds is 3. The maximum Gasteiger partial charge on any atom is 0.0393 e. The van der Waals surface area contributed by atoms with Crippen LogP contribution >= 0.6 is 0 Å². The zero-order valence-electron chi connectivity index (χ0n) is 12.5. The predicted molar refractivity (Wildman–Crippen MR) is 86.9 cm³/mol. The lowest BCUT2D eigenvalue weighted by atomic mass is 10.0. The standard InChI is InChI=1S/C18H22N2/c1-13-8-9-18(14(2)10-13)20(3)12-15-11-19-17-7-5-4-6-16(15)17/h4-10,15,19H,11-12H2,1-3H3. The summed E-state index contributed by atoms with van der Waals surface area (Å²) >= 11 is 0. The summed E-state index contributed by atoms with van der Waals surface area (Å²) in [4.78, 5) is 2.38. The van der Waals surface area contributed by atoms with Gasteiger partial charge in [-0.25, -0.2) is 0 Å². The average Bonchev–Trinajstić information content (AvgIpc) is 2.82. The molecule has 2 nitrogen and oxygen atoms in total. The highest BCUT2D eigenvalue weighted by atomic mass is 15.1. The number of benzene rings is 2. The Balaban J connectivity index is 1.79. The molecule has 0 radical (unpaired) electrons. The van der Waals surface area contributed by atoms with Crippen molar-refractivity contribution in [3.63, 3.8) is 0 Å². The fraction of sp³-hybridized carbons (Fsp3) is 0.333. The van der Waals surface area contributed by atoms with E-state index >= 15 is 0 Å². The van der Waals surface area contributed by atoms with Gasteiger partial charge in [0.25, 0.3) is 0 Å². The van der Waals surface area contributed by atoms with Crippen LogP contribution in [-0.2, 0) is 0 Å². The van der Waals surface area contributed by atoms with Crippen molar-refractivity contribution in [3.05, 3.63) is 59.2 Å². The van der Waals surface area contributed by atoms with Gasteiger partial charge in [0, 0.05) is 37.4 Å². The molecule has 1 atom stereocenters. The van der Waals surface area contributed by atoms with Crippen LogP contribution in [0.5, 0.6) is 0 Å². The molecule has 2 heteroatoms. The molecule has 0 fully saturated rings. The molecule has 0 spiro atoms. The Bertz CT molecular complexity index is 619. The van der Waals surface area contributed by atoms with E-state index in [9.17, 15) is 0 Å². The molecule has 1 heterocycles. The van der Waals surface area contributed by atoms with E-state index in [2.05, 4.69) is 73.6 Å². The molecule has 2 aromatic rings. The second-order valence-corrected chi connectivity index (χ2v) is 5.84. The topological polar surface area (TPSA) is 15.3 Å². The van der Waals surface area contributed by atoms with E-state index in [1.165, 1.54) is 28.1 Å². The highest BCUT2D eigenvalue weighted by molar-refractivity contribution is 5.59. The fourth-order valence-electron chi connectivity index (χ4n) is 3.18. The van der Waals surface area contributed by atoms with Crippen molar-refractivity contribution < 1.29 is 0 Å². The first kappa shape index (κ1) is 13.0. The third kappa shape index (κ3) is 2.38. The van der Waals surface area contributed by atoms with Gasteiger partial charge < -0.3 is 10.2 Å². The van der Waals surface area contributed by atoms with Gasteiger partial charge in [0.1, 0.15) is 0 Å². The molecule has 1 aliphatic rings. The Morgan fingerprint density at radius 1 is 1.15 bits per heavy atom. The van der Waals surface area contributed by atoms with E-state index in [1.807, 2.05) is 0 Å². The molecule has 104 valence electrons. The number of anilines is 2. The summed E-state index contributed by atoms with van der Waals surface area (Å²) in [5, 5.41) is 3.50. The van der Waals surface area contributed by atoms with Gasteiger partial charge in [-0.15, -0.1) is 0 Å². The van der Waals surface area contributed by atoms with Gasteiger partial charge in [-0.1, -0.05) is 35.9 Å². The molecule has 0 saturated carbocycles. The summed E-state index contributed by atoms with van der Waals surface area (Å²) in [5.74, 6) is 0.567. The largest absolute Gasteiger partial charge is 0.384 e. The summed E-state index contributed by atoms with van der Waals surface area (Å²) in [6.07, 6.45) is 0. The fourth-order valence-corrected chi connectivity index (χ4v) is 3.18. The first-order valence-electron chi connectivity index (χ1n) is 7.26. The Labute approximate surface area is 121 Å². The summed E-state index contributed by atoms with van der Waals surface area (Å²) in [6.45, 7) is 6.43. The van der Waals surface area contributed by atoms with Crippen LogP contribution < -0.4 is 10.2 Å². The quantitative estimate of drug-likeness (QED) is 0.905. The van der Waals surface area contributed by atoms with Gasteiger partial charge in [0.2, 0.25) is 0 Å². The zero-order valence-corrected chi connectivity index (χ0v) is 12.5. The van der Waals surface area contributed by atoms with Crippen LogP contribution in [-0.4, -0.2) is 20.1 Å². The molecule has 0 aromatic heterocycles. The van der Waals surface area contributed by atoms with Crippen LogP contribution in [0.4, 0.5) is 11.4 Å². The van der Waals surface area contributed by atoms with Crippen molar-refractivity contribution in [1.29, 1.82) is 0 Å².